The van der Waals surface area contributed by atoms with Crippen LogP contribution in [0.5, 0.6) is 5.75 Å². The Balaban J connectivity index is 2.00. The first-order valence-corrected chi connectivity index (χ1v) is 8.21. The van der Waals surface area contributed by atoms with Gasteiger partial charge in [0.1, 0.15) is 5.75 Å². The van der Waals surface area contributed by atoms with Gasteiger partial charge in [0.25, 0.3) is 0 Å². The summed E-state index contributed by atoms with van der Waals surface area (Å²) in [4.78, 5) is 22.6. The summed E-state index contributed by atoms with van der Waals surface area (Å²) in [7, 11) is 0. The summed E-state index contributed by atoms with van der Waals surface area (Å²) < 4.78 is 6.01. The van der Waals surface area contributed by atoms with Crippen molar-refractivity contribution in [1.29, 1.82) is 0 Å². The molecule has 2 aromatic carbocycles. The number of carboxylic acids is 2. The molecule has 0 bridgehead atoms. The summed E-state index contributed by atoms with van der Waals surface area (Å²) in [5.41, 5.74) is -0.524. The molecule has 1 aliphatic carbocycles. The fourth-order valence-corrected chi connectivity index (χ4v) is 2.61. The fourth-order valence-electron chi connectivity index (χ4n) is 2.61. The molecule has 0 radical (unpaired) electrons. The van der Waals surface area contributed by atoms with Gasteiger partial charge in [0.2, 0.25) is 0 Å². The Hall–Kier alpha value is -3.78. The van der Waals surface area contributed by atoms with Gasteiger partial charge in [-0.3, -0.25) is 0 Å². The maximum absolute atomic E-state index is 11.3. The van der Waals surface area contributed by atoms with Crippen LogP contribution >= 0.6 is 0 Å². The summed E-state index contributed by atoms with van der Waals surface area (Å²) in [6.07, 6.45) is 7.77. The monoisotopic (exact) mass is 360 g/mol. The minimum absolute atomic E-state index is 0.134. The maximum Gasteiger partial charge on any atom is 0.335 e. The Bertz CT molecular complexity index is 960. The van der Waals surface area contributed by atoms with Crippen LogP contribution in [0.15, 0.2) is 72.8 Å². The second kappa shape index (κ2) is 7.63. The van der Waals surface area contributed by atoms with Gasteiger partial charge < -0.3 is 14.9 Å². The summed E-state index contributed by atoms with van der Waals surface area (Å²) in [5, 5.41) is 18.5. The normalized spacial score (nSPS) is 17.6. The highest BCUT2D eigenvalue weighted by Crippen LogP contribution is 2.28. The largest absolute Gasteiger partial charge is 0.478 e. The predicted molar refractivity (Wildman–Crippen MR) is 99.9 cm³/mol. The van der Waals surface area contributed by atoms with E-state index < -0.39 is 17.5 Å². The van der Waals surface area contributed by atoms with Crippen LogP contribution in [-0.2, 0) is 0 Å². The second-order valence-corrected chi connectivity index (χ2v) is 5.96. The number of hydrogen-bond acceptors (Lipinski definition) is 3. The van der Waals surface area contributed by atoms with Crippen LogP contribution in [0, 0.1) is 11.8 Å². The molecular formula is C22H16O5. The van der Waals surface area contributed by atoms with Crippen molar-refractivity contribution >= 4 is 11.9 Å². The lowest BCUT2D eigenvalue weighted by molar-refractivity contribution is 0.0695. The summed E-state index contributed by atoms with van der Waals surface area (Å²) in [5.74, 6) is 3.82. The van der Waals surface area contributed by atoms with E-state index in [1.165, 1.54) is 12.1 Å². The smallest absolute Gasteiger partial charge is 0.335 e. The van der Waals surface area contributed by atoms with Gasteiger partial charge in [-0.1, -0.05) is 42.3 Å². The van der Waals surface area contributed by atoms with Gasteiger partial charge in [0.05, 0.1) is 11.1 Å². The molecule has 27 heavy (non-hydrogen) atoms. The molecule has 0 heterocycles. The minimum atomic E-state index is -1.23. The summed E-state index contributed by atoms with van der Waals surface area (Å²) in [6.45, 7) is 0. The van der Waals surface area contributed by atoms with Crippen LogP contribution in [0.1, 0.15) is 32.7 Å². The van der Waals surface area contributed by atoms with Gasteiger partial charge in [0, 0.05) is 12.0 Å². The van der Waals surface area contributed by atoms with Gasteiger partial charge in [-0.25, -0.2) is 9.59 Å². The molecule has 134 valence electrons. The van der Waals surface area contributed by atoms with E-state index in [-0.39, 0.29) is 16.9 Å². The quantitative estimate of drug-likeness (QED) is 0.811. The van der Waals surface area contributed by atoms with Crippen molar-refractivity contribution in [2.24, 2.45) is 0 Å². The first-order valence-electron chi connectivity index (χ1n) is 8.21. The van der Waals surface area contributed by atoms with Gasteiger partial charge >= 0.3 is 11.9 Å². The van der Waals surface area contributed by atoms with Gasteiger partial charge in [-0.2, -0.15) is 0 Å². The molecular weight excluding hydrogens is 344 g/mol. The molecule has 0 spiro atoms. The van der Waals surface area contributed by atoms with Crippen LogP contribution in [0.2, 0.25) is 0 Å². The molecule has 1 aliphatic rings. The molecule has 0 amide bonds. The third-order valence-corrected chi connectivity index (χ3v) is 3.93. The molecule has 1 unspecified atom stereocenters. The van der Waals surface area contributed by atoms with Crippen LogP contribution in [0.3, 0.4) is 0 Å². The molecule has 0 saturated carbocycles. The maximum atomic E-state index is 11.3. The fraction of sp³-hybridized carbons (Fsp3) is 0.0909. The standard InChI is InChI=1S/C22H16O5/c23-20(24)17-13-18(21(25)26)15-19(14-17)27-22(10-5-2-6-11-22)12-9-16-7-3-1-4-8-16/h1-8,10,13-15H,11H2,(H,23,24)(H,25,26). The molecule has 3 rings (SSSR count). The molecule has 5 heteroatoms. The Morgan fingerprint density at radius 3 is 2.19 bits per heavy atom. The van der Waals surface area contributed by atoms with E-state index in [9.17, 15) is 19.8 Å². The summed E-state index contributed by atoms with van der Waals surface area (Å²) >= 11 is 0. The second-order valence-electron chi connectivity index (χ2n) is 5.96. The van der Waals surface area contributed by atoms with Gasteiger partial charge in [-0.05, 0) is 42.3 Å². The van der Waals surface area contributed by atoms with Crippen molar-refractivity contribution in [3.8, 4) is 17.6 Å². The zero-order valence-electron chi connectivity index (χ0n) is 14.3. The number of benzene rings is 2. The van der Waals surface area contributed by atoms with E-state index in [0.29, 0.717) is 6.42 Å². The van der Waals surface area contributed by atoms with Crippen molar-refractivity contribution in [2.75, 3.05) is 0 Å². The van der Waals surface area contributed by atoms with E-state index in [1.807, 2.05) is 42.5 Å². The number of rotatable bonds is 4. The van der Waals surface area contributed by atoms with Crippen molar-refractivity contribution in [3.63, 3.8) is 0 Å². The van der Waals surface area contributed by atoms with Gasteiger partial charge in [0.15, 0.2) is 5.60 Å². The highest BCUT2D eigenvalue weighted by atomic mass is 16.5. The Morgan fingerprint density at radius 1 is 0.963 bits per heavy atom. The van der Waals surface area contributed by atoms with Crippen molar-refractivity contribution < 1.29 is 24.5 Å². The van der Waals surface area contributed by atoms with E-state index in [2.05, 4.69) is 11.8 Å². The molecule has 0 aromatic heterocycles. The molecule has 0 fully saturated rings. The number of hydrogen-bond donors (Lipinski definition) is 2. The Morgan fingerprint density at radius 2 is 1.63 bits per heavy atom. The molecule has 0 saturated heterocycles. The van der Waals surface area contributed by atoms with E-state index >= 15 is 0 Å². The van der Waals surface area contributed by atoms with E-state index in [4.69, 9.17) is 4.74 Å². The van der Waals surface area contributed by atoms with E-state index in [1.54, 1.807) is 12.2 Å². The third kappa shape index (κ3) is 4.44. The van der Waals surface area contributed by atoms with Crippen LogP contribution in [0.4, 0.5) is 0 Å². The number of carbonyl (C=O) groups is 2. The average molecular weight is 360 g/mol. The first-order chi connectivity index (χ1) is 13.0. The van der Waals surface area contributed by atoms with Crippen LogP contribution < -0.4 is 4.74 Å². The highest BCUT2D eigenvalue weighted by Gasteiger charge is 2.28. The zero-order valence-corrected chi connectivity index (χ0v) is 14.3. The number of carboxylic acid groups (broad SMARTS) is 2. The molecule has 2 N–H and O–H groups in total. The van der Waals surface area contributed by atoms with Crippen LogP contribution in [-0.4, -0.2) is 27.8 Å². The molecule has 0 aliphatic heterocycles. The zero-order chi connectivity index (χ0) is 19.3. The lowest BCUT2D eigenvalue weighted by atomic mass is 9.95. The molecule has 1 atom stereocenters. The highest BCUT2D eigenvalue weighted by molar-refractivity contribution is 5.94. The van der Waals surface area contributed by atoms with Crippen molar-refractivity contribution in [2.45, 2.75) is 12.0 Å². The van der Waals surface area contributed by atoms with Crippen molar-refractivity contribution in [3.05, 3.63) is 89.5 Å². The van der Waals surface area contributed by atoms with Crippen LogP contribution in [0.25, 0.3) is 0 Å². The summed E-state index contributed by atoms with van der Waals surface area (Å²) in [6, 6.07) is 13.1. The number of allylic oxidation sites excluding steroid dienone is 2. The molecule has 2 aromatic rings. The van der Waals surface area contributed by atoms with Gasteiger partial charge in [-0.15, -0.1) is 0 Å². The average Bonchev–Trinajstić information content (AvgIpc) is 2.67. The van der Waals surface area contributed by atoms with E-state index in [0.717, 1.165) is 11.6 Å². The Kier molecular flexibility index (Phi) is 5.09. The topological polar surface area (TPSA) is 83.8 Å². The molecule has 5 nitrogen and oxygen atoms in total. The van der Waals surface area contributed by atoms with Crippen molar-refractivity contribution in [1.82, 2.24) is 0 Å². The third-order valence-electron chi connectivity index (χ3n) is 3.93. The first kappa shape index (κ1) is 18.0. The lowest BCUT2D eigenvalue weighted by Gasteiger charge is -2.27. The minimum Gasteiger partial charge on any atom is -0.478 e. The SMILES string of the molecule is O=C(O)c1cc(OC2(C#Cc3ccccc3)C=CC=CC2)cc(C(=O)O)c1. The predicted octanol–water partition coefficient (Wildman–Crippen LogP) is 3.77. The Labute approximate surface area is 156 Å². The number of ether oxygens (including phenoxy) is 1. The lowest BCUT2D eigenvalue weighted by Crippen LogP contribution is -2.32. The number of aromatic carboxylic acids is 2.